The highest BCUT2D eigenvalue weighted by atomic mass is 31.2. The first-order chi connectivity index (χ1) is 17.9. The van der Waals surface area contributed by atoms with Gasteiger partial charge in [0.1, 0.15) is 5.75 Å². The van der Waals surface area contributed by atoms with Crippen molar-refractivity contribution in [1.29, 1.82) is 0 Å². The van der Waals surface area contributed by atoms with Gasteiger partial charge in [0, 0.05) is 12.8 Å². The second-order valence-corrected chi connectivity index (χ2v) is 9.31. The minimum Gasteiger partial charge on any atom is -0.481 e. The molecule has 0 aliphatic rings. The Hall–Kier alpha value is -3.25. The number of alkyl halides is 3. The van der Waals surface area contributed by atoms with Gasteiger partial charge in [-0.1, -0.05) is 12.1 Å². The smallest absolute Gasteiger partial charge is 0.475 e. The van der Waals surface area contributed by atoms with Gasteiger partial charge in [-0.05, 0) is 56.2 Å². The van der Waals surface area contributed by atoms with Crippen LogP contribution >= 0.6 is 7.82 Å². The summed E-state index contributed by atoms with van der Waals surface area (Å²) in [7, 11) is -3.73. The number of carbonyl (C=O) groups is 3. The van der Waals surface area contributed by atoms with Crippen molar-refractivity contribution in [3.8, 4) is 5.75 Å². The van der Waals surface area contributed by atoms with Crippen LogP contribution < -0.4 is 10.1 Å². The summed E-state index contributed by atoms with van der Waals surface area (Å²) in [6.07, 6.45) is -5.36. The van der Waals surface area contributed by atoms with E-state index in [0.717, 1.165) is 6.07 Å². The van der Waals surface area contributed by atoms with Crippen LogP contribution in [0.15, 0.2) is 42.5 Å². The van der Waals surface area contributed by atoms with Crippen molar-refractivity contribution in [2.75, 3.05) is 18.5 Å². The van der Waals surface area contributed by atoms with Gasteiger partial charge in [-0.3, -0.25) is 23.2 Å². The fourth-order valence-electron chi connectivity index (χ4n) is 3.01. The van der Waals surface area contributed by atoms with E-state index in [0.29, 0.717) is 17.7 Å². The maximum Gasteiger partial charge on any atom is 0.475 e. The minimum absolute atomic E-state index is 0.0372. The van der Waals surface area contributed by atoms with Crippen LogP contribution in [0.25, 0.3) is 0 Å². The molecule has 0 bridgehead atoms. The van der Waals surface area contributed by atoms with Gasteiger partial charge in [-0.2, -0.15) is 13.2 Å². The summed E-state index contributed by atoms with van der Waals surface area (Å²) in [6, 6.07) is 7.92. The predicted octanol–water partition coefficient (Wildman–Crippen LogP) is 5.82. The SMILES string of the molecule is CCOP(=O)(OCC)OCc1ccc(OC(=O)c2ccc(C(F)(F)F)cc2NC(=O)CCCC(=O)O)cc1. The molecule has 14 heteroatoms. The summed E-state index contributed by atoms with van der Waals surface area (Å²) in [4.78, 5) is 35.5. The largest absolute Gasteiger partial charge is 0.481 e. The van der Waals surface area contributed by atoms with E-state index in [1.807, 2.05) is 0 Å². The Morgan fingerprint density at radius 3 is 2.13 bits per heavy atom. The molecule has 1 amide bonds. The number of anilines is 1. The average molecular weight is 561 g/mol. The zero-order chi connectivity index (χ0) is 28.3. The Balaban J connectivity index is 2.14. The number of ether oxygens (including phenoxy) is 1. The highest BCUT2D eigenvalue weighted by molar-refractivity contribution is 7.48. The molecule has 0 spiro atoms. The minimum atomic E-state index is -4.74. The average Bonchev–Trinajstić information content (AvgIpc) is 2.83. The lowest BCUT2D eigenvalue weighted by atomic mass is 10.1. The van der Waals surface area contributed by atoms with E-state index in [1.165, 1.54) is 24.3 Å². The summed E-state index contributed by atoms with van der Waals surface area (Å²) in [5.41, 5.74) is -1.34. The number of hydrogen-bond donors (Lipinski definition) is 2. The van der Waals surface area contributed by atoms with Gasteiger partial charge in [0.2, 0.25) is 5.91 Å². The molecule has 0 atom stereocenters. The van der Waals surface area contributed by atoms with Crippen LogP contribution in [0.4, 0.5) is 18.9 Å². The molecule has 0 unspecified atom stereocenters. The maximum atomic E-state index is 13.2. The Kier molecular flexibility index (Phi) is 11.5. The Labute approximate surface area is 216 Å². The molecule has 2 rings (SSSR count). The number of hydrogen-bond acceptors (Lipinski definition) is 8. The lowest BCUT2D eigenvalue weighted by molar-refractivity contribution is -0.138. The highest BCUT2D eigenvalue weighted by Gasteiger charge is 2.32. The van der Waals surface area contributed by atoms with E-state index in [1.54, 1.807) is 13.8 Å². The van der Waals surface area contributed by atoms with Gasteiger partial charge >= 0.3 is 25.9 Å². The topological polar surface area (TPSA) is 137 Å². The molecular formula is C24H27F3NO9P. The van der Waals surface area contributed by atoms with Crippen molar-refractivity contribution in [2.24, 2.45) is 0 Å². The second kappa shape index (κ2) is 14.1. The van der Waals surface area contributed by atoms with Crippen molar-refractivity contribution >= 4 is 31.4 Å². The number of phosphoric ester groups is 1. The van der Waals surface area contributed by atoms with Crippen LogP contribution in [0.5, 0.6) is 5.75 Å². The number of benzene rings is 2. The third-order valence-corrected chi connectivity index (χ3v) is 6.33. The van der Waals surface area contributed by atoms with Crippen LogP contribution in [0.1, 0.15) is 54.6 Å². The van der Waals surface area contributed by atoms with Crippen molar-refractivity contribution in [3.63, 3.8) is 0 Å². The van der Waals surface area contributed by atoms with Gasteiger partial charge in [-0.25, -0.2) is 9.36 Å². The van der Waals surface area contributed by atoms with Crippen LogP contribution in [0, 0.1) is 0 Å². The molecule has 0 saturated heterocycles. The zero-order valence-corrected chi connectivity index (χ0v) is 21.5. The summed E-state index contributed by atoms with van der Waals surface area (Å²) < 4.78 is 72.5. The van der Waals surface area contributed by atoms with E-state index >= 15 is 0 Å². The number of amides is 1. The van der Waals surface area contributed by atoms with Crippen LogP contribution in [0.2, 0.25) is 0 Å². The summed E-state index contributed by atoms with van der Waals surface area (Å²) in [5, 5.41) is 10.9. The van der Waals surface area contributed by atoms with E-state index in [2.05, 4.69) is 5.32 Å². The standard InChI is InChI=1S/C24H27F3NO9P/c1-3-34-38(33,35-4-2)36-15-16-8-11-18(12-9-16)37-23(32)19-13-10-17(24(25,26)27)14-20(19)28-21(29)6-5-7-22(30)31/h8-14H,3-7,15H2,1-2H3,(H,28,29)(H,30,31). The molecule has 0 fully saturated rings. The summed E-state index contributed by atoms with van der Waals surface area (Å²) >= 11 is 0. The first-order valence-corrected chi connectivity index (χ1v) is 12.9. The normalized spacial score (nSPS) is 11.7. The van der Waals surface area contributed by atoms with Gasteiger partial charge in [0.15, 0.2) is 0 Å². The van der Waals surface area contributed by atoms with E-state index in [-0.39, 0.29) is 50.4 Å². The van der Waals surface area contributed by atoms with Crippen molar-refractivity contribution in [2.45, 2.75) is 45.9 Å². The number of nitrogens with one attached hydrogen (secondary N) is 1. The Bertz CT molecular complexity index is 1160. The third-order valence-electron chi connectivity index (χ3n) is 4.73. The van der Waals surface area contributed by atoms with Crippen LogP contribution in [-0.4, -0.2) is 36.2 Å². The number of aliphatic carboxylic acids is 1. The Morgan fingerprint density at radius 1 is 0.947 bits per heavy atom. The highest BCUT2D eigenvalue weighted by Crippen LogP contribution is 2.49. The van der Waals surface area contributed by atoms with Crippen molar-refractivity contribution in [3.05, 3.63) is 59.2 Å². The molecule has 0 heterocycles. The Morgan fingerprint density at radius 2 is 1.58 bits per heavy atom. The molecule has 2 aromatic rings. The second-order valence-electron chi connectivity index (χ2n) is 7.64. The maximum absolute atomic E-state index is 13.2. The molecule has 38 heavy (non-hydrogen) atoms. The zero-order valence-electron chi connectivity index (χ0n) is 20.6. The monoisotopic (exact) mass is 561 g/mol. The molecular weight excluding hydrogens is 534 g/mol. The molecule has 0 aromatic heterocycles. The number of halogens is 3. The number of carboxylic acid groups (broad SMARTS) is 1. The van der Waals surface area contributed by atoms with Crippen LogP contribution in [0.3, 0.4) is 0 Å². The van der Waals surface area contributed by atoms with E-state index < -0.39 is 43.1 Å². The van der Waals surface area contributed by atoms with Gasteiger partial charge in [0.05, 0.1) is 36.6 Å². The first kappa shape index (κ1) is 31.0. The quantitative estimate of drug-likeness (QED) is 0.166. The molecule has 2 N–H and O–H groups in total. The fraction of sp³-hybridized carbons (Fsp3) is 0.375. The number of carbonyl (C=O) groups excluding carboxylic acids is 2. The molecule has 0 saturated carbocycles. The number of phosphoric acid groups is 1. The third kappa shape index (κ3) is 9.90. The van der Waals surface area contributed by atoms with Gasteiger partial charge in [-0.15, -0.1) is 0 Å². The molecule has 0 radical (unpaired) electrons. The van der Waals surface area contributed by atoms with E-state index in [9.17, 15) is 32.1 Å². The molecule has 0 aliphatic carbocycles. The summed E-state index contributed by atoms with van der Waals surface area (Å²) in [6.45, 7) is 3.35. The number of carboxylic acids is 1. The molecule has 2 aromatic carbocycles. The first-order valence-electron chi connectivity index (χ1n) is 11.4. The van der Waals surface area contributed by atoms with Crippen molar-refractivity contribution < 1.29 is 55.5 Å². The number of rotatable bonds is 14. The fourth-order valence-corrected chi connectivity index (χ4v) is 4.18. The number of esters is 1. The summed E-state index contributed by atoms with van der Waals surface area (Å²) in [5.74, 6) is -2.90. The van der Waals surface area contributed by atoms with Gasteiger partial charge < -0.3 is 15.2 Å². The molecule has 208 valence electrons. The van der Waals surface area contributed by atoms with Crippen molar-refractivity contribution in [1.82, 2.24) is 0 Å². The van der Waals surface area contributed by atoms with Crippen LogP contribution in [-0.2, 0) is 40.5 Å². The van der Waals surface area contributed by atoms with E-state index in [4.69, 9.17) is 23.4 Å². The molecule has 10 nitrogen and oxygen atoms in total. The lowest BCUT2D eigenvalue weighted by Gasteiger charge is -2.16. The van der Waals surface area contributed by atoms with Gasteiger partial charge in [0.25, 0.3) is 0 Å². The molecule has 0 aliphatic heterocycles. The predicted molar refractivity (Wildman–Crippen MR) is 129 cm³/mol. The lowest BCUT2D eigenvalue weighted by Crippen LogP contribution is -2.18.